The van der Waals surface area contributed by atoms with Crippen molar-refractivity contribution in [2.45, 2.75) is 39.0 Å². The number of likely N-dealkylation sites (tertiary alicyclic amines) is 1. The number of methoxy groups -OCH3 is 1. The van der Waals surface area contributed by atoms with E-state index in [0.717, 1.165) is 55.1 Å². The molecule has 0 radical (unpaired) electrons. The summed E-state index contributed by atoms with van der Waals surface area (Å²) in [5.74, 6) is 1.68. The molecular formula is C28H33NO3. The van der Waals surface area contributed by atoms with Crippen molar-refractivity contribution in [1.29, 1.82) is 0 Å². The molecule has 32 heavy (non-hydrogen) atoms. The summed E-state index contributed by atoms with van der Waals surface area (Å²) in [6, 6.07) is 25.0. The molecule has 0 aliphatic carbocycles. The molecule has 0 aromatic heterocycles. The average Bonchev–Trinajstić information content (AvgIpc) is 2.82. The largest absolute Gasteiger partial charge is 0.493 e. The Morgan fingerprint density at radius 2 is 1.66 bits per heavy atom. The molecule has 0 saturated carbocycles. The summed E-state index contributed by atoms with van der Waals surface area (Å²) in [5, 5.41) is 10.7. The Labute approximate surface area is 191 Å². The predicted octanol–water partition coefficient (Wildman–Crippen LogP) is 5.01. The fraction of sp³-hybridized carbons (Fsp3) is 0.357. The quantitative estimate of drug-likeness (QED) is 0.545. The summed E-state index contributed by atoms with van der Waals surface area (Å²) in [6.45, 7) is 5.33. The minimum atomic E-state index is -0.277. The van der Waals surface area contributed by atoms with Crippen LogP contribution < -0.4 is 9.47 Å². The second-order valence-corrected chi connectivity index (χ2v) is 8.80. The number of piperidine rings is 1. The highest BCUT2D eigenvalue weighted by atomic mass is 16.5. The van der Waals surface area contributed by atoms with E-state index in [1.165, 1.54) is 11.1 Å². The van der Waals surface area contributed by atoms with Gasteiger partial charge in [-0.3, -0.25) is 4.90 Å². The van der Waals surface area contributed by atoms with Crippen LogP contribution in [-0.4, -0.2) is 36.3 Å². The van der Waals surface area contributed by atoms with E-state index in [0.29, 0.717) is 6.61 Å². The average molecular weight is 432 g/mol. The van der Waals surface area contributed by atoms with Gasteiger partial charge < -0.3 is 14.6 Å². The van der Waals surface area contributed by atoms with Gasteiger partial charge in [0.1, 0.15) is 6.61 Å². The number of aliphatic hydroxyl groups is 1. The first kappa shape index (κ1) is 22.4. The second kappa shape index (κ2) is 10.7. The monoisotopic (exact) mass is 431 g/mol. The van der Waals surface area contributed by atoms with Gasteiger partial charge in [-0.1, -0.05) is 66.2 Å². The molecule has 4 nitrogen and oxygen atoms in total. The first-order valence-electron chi connectivity index (χ1n) is 11.4. The molecule has 1 aliphatic rings. The van der Waals surface area contributed by atoms with E-state index >= 15 is 0 Å². The molecule has 2 unspecified atom stereocenters. The Morgan fingerprint density at radius 1 is 0.906 bits per heavy atom. The normalized spacial score (nSPS) is 19.0. The lowest BCUT2D eigenvalue weighted by Gasteiger charge is -2.36. The number of rotatable bonds is 8. The molecule has 1 aliphatic heterocycles. The second-order valence-electron chi connectivity index (χ2n) is 8.80. The van der Waals surface area contributed by atoms with Crippen molar-refractivity contribution in [3.05, 3.63) is 95.1 Å². The highest BCUT2D eigenvalue weighted by Gasteiger charge is 2.28. The van der Waals surface area contributed by atoms with E-state index < -0.39 is 0 Å². The maximum Gasteiger partial charge on any atom is 0.161 e. The van der Waals surface area contributed by atoms with E-state index in [-0.39, 0.29) is 12.0 Å². The molecule has 3 aromatic carbocycles. The Balaban J connectivity index is 1.42. The van der Waals surface area contributed by atoms with Crippen molar-refractivity contribution in [1.82, 2.24) is 4.90 Å². The lowest BCUT2D eigenvalue weighted by Crippen LogP contribution is -2.43. The third-order valence-corrected chi connectivity index (χ3v) is 6.27. The summed E-state index contributed by atoms with van der Waals surface area (Å²) >= 11 is 0. The summed E-state index contributed by atoms with van der Waals surface area (Å²) in [6.07, 6.45) is 1.35. The highest BCUT2D eigenvalue weighted by Crippen LogP contribution is 2.31. The van der Waals surface area contributed by atoms with Crippen molar-refractivity contribution < 1.29 is 14.6 Å². The zero-order valence-electron chi connectivity index (χ0n) is 19.0. The van der Waals surface area contributed by atoms with Crippen LogP contribution in [0.5, 0.6) is 11.5 Å². The molecular weight excluding hydrogens is 398 g/mol. The summed E-state index contributed by atoms with van der Waals surface area (Å²) in [5.41, 5.74) is 4.84. The first-order chi connectivity index (χ1) is 15.6. The van der Waals surface area contributed by atoms with Gasteiger partial charge in [0.15, 0.2) is 11.5 Å². The van der Waals surface area contributed by atoms with Crippen molar-refractivity contribution in [2.24, 2.45) is 5.92 Å². The van der Waals surface area contributed by atoms with E-state index in [1.807, 2.05) is 6.07 Å². The van der Waals surface area contributed by atoms with Crippen LogP contribution in [0.1, 0.15) is 28.7 Å². The number of hydrogen-bond acceptors (Lipinski definition) is 4. The number of aryl methyl sites for hydroxylation is 1. The highest BCUT2D eigenvalue weighted by molar-refractivity contribution is 5.43. The third-order valence-electron chi connectivity index (χ3n) is 6.27. The molecule has 1 saturated heterocycles. The molecule has 0 amide bonds. The predicted molar refractivity (Wildman–Crippen MR) is 128 cm³/mol. The van der Waals surface area contributed by atoms with Crippen LogP contribution in [-0.2, 0) is 19.6 Å². The van der Waals surface area contributed by atoms with E-state index in [4.69, 9.17) is 9.47 Å². The third kappa shape index (κ3) is 5.90. The lowest BCUT2D eigenvalue weighted by molar-refractivity contribution is 0.0239. The van der Waals surface area contributed by atoms with Gasteiger partial charge in [-0.25, -0.2) is 0 Å². The summed E-state index contributed by atoms with van der Waals surface area (Å²) in [4.78, 5) is 2.45. The smallest absolute Gasteiger partial charge is 0.161 e. The van der Waals surface area contributed by atoms with Gasteiger partial charge in [-0.15, -0.1) is 0 Å². The van der Waals surface area contributed by atoms with Crippen LogP contribution in [0.25, 0.3) is 0 Å². The molecule has 0 spiro atoms. The molecule has 4 heteroatoms. The fourth-order valence-electron chi connectivity index (χ4n) is 4.39. The molecule has 1 heterocycles. The van der Waals surface area contributed by atoms with Crippen molar-refractivity contribution in [2.75, 3.05) is 20.2 Å². The maximum absolute atomic E-state index is 10.7. The lowest BCUT2D eigenvalue weighted by atomic mass is 9.88. The fourth-order valence-corrected chi connectivity index (χ4v) is 4.39. The Morgan fingerprint density at radius 3 is 2.41 bits per heavy atom. The van der Waals surface area contributed by atoms with E-state index in [2.05, 4.69) is 78.6 Å². The van der Waals surface area contributed by atoms with Gasteiger partial charge in [-0.05, 0) is 48.6 Å². The Hall–Kier alpha value is -2.82. The van der Waals surface area contributed by atoms with Crippen LogP contribution in [0, 0.1) is 12.8 Å². The molecule has 168 valence electrons. The first-order valence-corrected chi connectivity index (χ1v) is 11.4. The Bertz CT molecular complexity index is 987. The van der Waals surface area contributed by atoms with Crippen LogP contribution in [0.3, 0.4) is 0 Å². The van der Waals surface area contributed by atoms with Gasteiger partial charge in [0.2, 0.25) is 0 Å². The molecule has 2 atom stereocenters. The molecule has 3 aromatic rings. The van der Waals surface area contributed by atoms with Gasteiger partial charge in [0, 0.05) is 25.6 Å². The molecule has 0 bridgehead atoms. The summed E-state index contributed by atoms with van der Waals surface area (Å²) in [7, 11) is 1.67. The minimum Gasteiger partial charge on any atom is -0.493 e. The van der Waals surface area contributed by atoms with Crippen LogP contribution >= 0.6 is 0 Å². The summed E-state index contributed by atoms with van der Waals surface area (Å²) < 4.78 is 11.6. The topological polar surface area (TPSA) is 41.9 Å². The van der Waals surface area contributed by atoms with Crippen molar-refractivity contribution in [3.63, 3.8) is 0 Å². The molecule has 1 fully saturated rings. The Kier molecular flexibility index (Phi) is 7.46. The van der Waals surface area contributed by atoms with Gasteiger partial charge in [-0.2, -0.15) is 0 Å². The van der Waals surface area contributed by atoms with E-state index in [9.17, 15) is 5.11 Å². The van der Waals surface area contributed by atoms with Crippen molar-refractivity contribution >= 4 is 0 Å². The van der Waals surface area contributed by atoms with Crippen LogP contribution in [0.2, 0.25) is 0 Å². The van der Waals surface area contributed by atoms with Crippen molar-refractivity contribution in [3.8, 4) is 11.5 Å². The molecule has 4 rings (SSSR count). The SMILES string of the molecule is COc1ccc(CC2CN(Cc3ccccc3)CCC2O)cc1OCc1ccc(C)cc1. The number of nitrogens with zero attached hydrogens (tertiary/aromatic N) is 1. The van der Waals surface area contributed by atoms with E-state index in [1.54, 1.807) is 7.11 Å². The van der Waals surface area contributed by atoms with Gasteiger partial charge >= 0.3 is 0 Å². The zero-order valence-corrected chi connectivity index (χ0v) is 19.0. The standard InChI is InChI=1S/C28H33NO3/c1-21-8-10-23(11-9-21)20-32-28-17-24(12-13-27(28)31-2)16-25-19-29(15-14-26(25)30)18-22-6-4-3-5-7-22/h3-13,17,25-26,30H,14-16,18-20H2,1-2H3. The number of hydrogen-bond donors (Lipinski definition) is 1. The number of benzene rings is 3. The minimum absolute atomic E-state index is 0.200. The molecule has 1 N–H and O–H groups in total. The van der Waals surface area contributed by atoms with Gasteiger partial charge in [0.05, 0.1) is 13.2 Å². The van der Waals surface area contributed by atoms with Gasteiger partial charge in [0.25, 0.3) is 0 Å². The zero-order chi connectivity index (χ0) is 22.3. The maximum atomic E-state index is 10.7. The number of ether oxygens (including phenoxy) is 2. The van der Waals surface area contributed by atoms with Crippen LogP contribution in [0.15, 0.2) is 72.8 Å². The van der Waals surface area contributed by atoms with Crippen LogP contribution in [0.4, 0.5) is 0 Å². The number of aliphatic hydroxyl groups excluding tert-OH is 1.